The maximum Gasteiger partial charge on any atom is 0.470 e. The molecule has 4 aliphatic carbocycles. The topological polar surface area (TPSA) is 273 Å². The summed E-state index contributed by atoms with van der Waals surface area (Å²) < 4.78 is 36.1. The average molecular weight is 993 g/mol. The molecule has 1 aromatic carbocycles. The van der Waals surface area contributed by atoms with Crippen LogP contribution in [0.2, 0.25) is 0 Å². The number of fused-ring (bicyclic) bond motifs is 7. The van der Waals surface area contributed by atoms with Crippen LogP contribution in [-0.2, 0) is 53.8 Å². The van der Waals surface area contributed by atoms with Gasteiger partial charge in [-0.15, -0.1) is 11.3 Å². The highest BCUT2D eigenvalue weighted by molar-refractivity contribution is 9.09. The summed E-state index contributed by atoms with van der Waals surface area (Å²) >= 11 is 4.26. The predicted octanol–water partition coefficient (Wildman–Crippen LogP) is 3.87. The minimum atomic E-state index is -5.07. The molecule has 3 amide bonds. The molecule has 21 heteroatoms. The lowest BCUT2D eigenvalue weighted by atomic mass is 9.46. The molecular formula is C43H51BrN3O15PS. The Labute approximate surface area is 380 Å². The van der Waals surface area contributed by atoms with Crippen LogP contribution in [0.4, 0.5) is 5.69 Å². The molecule has 0 spiro atoms. The van der Waals surface area contributed by atoms with Crippen LogP contribution in [0.15, 0.2) is 53.4 Å². The van der Waals surface area contributed by atoms with E-state index in [1.54, 1.807) is 36.4 Å². The van der Waals surface area contributed by atoms with Crippen molar-refractivity contribution in [3.05, 3.63) is 69.5 Å². The number of rotatable bonds is 17. The van der Waals surface area contributed by atoms with Crippen molar-refractivity contribution in [2.45, 2.75) is 88.9 Å². The van der Waals surface area contributed by atoms with Gasteiger partial charge in [-0.25, -0.2) is 4.57 Å². The van der Waals surface area contributed by atoms with E-state index < -0.39 is 91.4 Å². The number of phosphoric ester groups is 1. The first kappa shape index (κ1) is 47.8. The number of phosphoric acid groups is 1. The van der Waals surface area contributed by atoms with Gasteiger partial charge in [-0.3, -0.25) is 33.3 Å². The van der Waals surface area contributed by atoms with E-state index in [9.17, 15) is 53.3 Å². The molecule has 1 saturated heterocycles. The van der Waals surface area contributed by atoms with E-state index in [0.29, 0.717) is 42.0 Å². The molecule has 5 aliphatic rings. The zero-order chi connectivity index (χ0) is 46.4. The van der Waals surface area contributed by atoms with Gasteiger partial charge in [0.25, 0.3) is 0 Å². The Morgan fingerprint density at radius 2 is 1.84 bits per heavy atom. The number of benzene rings is 1. The quantitative estimate of drug-likeness (QED) is 0.0876. The number of carboxylic acid groups (broad SMARTS) is 1. The van der Waals surface area contributed by atoms with Crippen molar-refractivity contribution in [2.24, 2.45) is 28.6 Å². The molecule has 18 nitrogen and oxygen atoms in total. The second-order valence-electron chi connectivity index (χ2n) is 17.4. The van der Waals surface area contributed by atoms with Crippen LogP contribution in [0.1, 0.15) is 74.7 Å². The maximum atomic E-state index is 14.5. The van der Waals surface area contributed by atoms with Crippen LogP contribution in [0.3, 0.4) is 0 Å². The van der Waals surface area contributed by atoms with Crippen molar-refractivity contribution in [1.82, 2.24) is 10.6 Å². The number of hydrogen-bond donors (Lipinski definition) is 7. The van der Waals surface area contributed by atoms with E-state index in [-0.39, 0.29) is 48.1 Å². The van der Waals surface area contributed by atoms with E-state index in [0.717, 1.165) is 16.7 Å². The Morgan fingerprint density at radius 3 is 2.52 bits per heavy atom. The van der Waals surface area contributed by atoms with Crippen LogP contribution in [-0.4, -0.2) is 105 Å². The number of carbonyl (C=O) groups excluding carboxylic acids is 5. The lowest BCUT2D eigenvalue weighted by Gasteiger charge is -2.59. The molecule has 7 rings (SSSR count). The van der Waals surface area contributed by atoms with Crippen LogP contribution >= 0.6 is 35.1 Å². The molecule has 346 valence electrons. The van der Waals surface area contributed by atoms with Crippen LogP contribution in [0.25, 0.3) is 0 Å². The van der Waals surface area contributed by atoms with Crippen LogP contribution in [0, 0.1) is 28.6 Å². The molecule has 3 saturated carbocycles. The third-order valence-electron chi connectivity index (χ3n) is 13.8. The van der Waals surface area contributed by atoms with Gasteiger partial charge in [0.15, 0.2) is 23.5 Å². The number of thiophene rings is 1. The first-order valence-corrected chi connectivity index (χ1v) is 24.3. The summed E-state index contributed by atoms with van der Waals surface area (Å²) in [4.78, 5) is 94.9. The molecule has 2 aromatic rings. The van der Waals surface area contributed by atoms with Crippen LogP contribution < -0.4 is 20.7 Å². The molecular weight excluding hydrogens is 941 g/mol. The molecule has 0 unspecified atom stereocenters. The number of ether oxygens (including phenoxy) is 3. The highest BCUT2D eigenvalue weighted by Crippen LogP contribution is 2.71. The number of carbonyl (C=O) groups is 6. The predicted molar refractivity (Wildman–Crippen MR) is 232 cm³/mol. The number of aliphatic carboxylic acids is 1. The third-order valence-corrected chi connectivity index (χ3v) is 15.8. The van der Waals surface area contributed by atoms with Crippen molar-refractivity contribution >= 4 is 76.0 Å². The zero-order valence-electron chi connectivity index (χ0n) is 35.2. The van der Waals surface area contributed by atoms with Gasteiger partial charge in [0.1, 0.15) is 23.3 Å². The smallest absolute Gasteiger partial charge is 0.470 e. The minimum absolute atomic E-state index is 0.0223. The molecule has 0 radical (unpaired) electrons. The first-order valence-electron chi connectivity index (χ1n) is 20.8. The number of ketones is 2. The van der Waals surface area contributed by atoms with E-state index in [4.69, 9.17) is 18.7 Å². The lowest BCUT2D eigenvalue weighted by molar-refractivity contribution is -0.200. The van der Waals surface area contributed by atoms with Gasteiger partial charge in [0.2, 0.25) is 17.7 Å². The Hall–Kier alpha value is -4.11. The summed E-state index contributed by atoms with van der Waals surface area (Å²) in [5.41, 5.74) is -0.483. The molecule has 2 heterocycles. The SMILES string of the molecule is COc1c(Cc2ccc(NC(=O)[C@H](CCC(=O)O)NC(=O)CNC(=O)CBr)cc2)csc1[C@@H]1O[C@@H]2C[C@H]3[C@@H]4CCC5=CC(=O)C=C[C@]5(C)[C@H]4[C@@H](O)C[C@]3(C)[C@]2(C(=O)COP(=O)(O)O)O1. The standard InChI is InChI=1S/C43H51BrN3O15PS/c1-41-13-12-26(48)15-24(41)6-9-27-28-16-32-43(31(50)20-60-63(56,57)58,42(28,2)17-30(49)36(27)41)62-40(61-32)38-37(59-3)23(21-64-38)14-22-4-7-25(8-5-22)46-39(55)29(10-11-35(53)54)47-34(52)19-45-33(51)18-44/h4-5,7-8,12-13,15,21,27-30,32,36,40,49H,6,9-11,14,16-20H2,1-3H3,(H,45,51)(H,46,55)(H,47,52)(H,53,54)(H2,56,57,58)/t27-,28-,29-,30-,32+,36+,40+,41-,42-,43+/m0/s1. The number of aliphatic hydroxyl groups excluding tert-OH is 1. The third kappa shape index (κ3) is 9.18. The molecule has 1 aromatic heterocycles. The Kier molecular flexibility index (Phi) is 13.9. The number of halogens is 1. The summed E-state index contributed by atoms with van der Waals surface area (Å²) in [5.74, 6) is -3.82. The summed E-state index contributed by atoms with van der Waals surface area (Å²) in [6, 6.07) is 5.63. The number of amides is 3. The molecule has 0 bridgehead atoms. The minimum Gasteiger partial charge on any atom is -0.495 e. The first-order chi connectivity index (χ1) is 30.2. The monoisotopic (exact) mass is 991 g/mol. The number of anilines is 1. The number of methoxy groups -OCH3 is 1. The second kappa shape index (κ2) is 18.6. The summed E-state index contributed by atoms with van der Waals surface area (Å²) in [7, 11) is -3.58. The molecule has 10 atom stereocenters. The van der Waals surface area contributed by atoms with Gasteiger partial charge in [-0.2, -0.15) is 0 Å². The van der Waals surface area contributed by atoms with Gasteiger partial charge >= 0.3 is 13.8 Å². The number of carboxylic acids is 1. The normalized spacial score (nSPS) is 30.8. The van der Waals surface area contributed by atoms with Gasteiger partial charge in [0, 0.05) is 40.8 Å². The number of Topliss-reactive ketones (excluding diaryl/α,β-unsaturated/α-hetero) is 1. The van der Waals surface area contributed by atoms with Crippen molar-refractivity contribution in [3.8, 4) is 5.75 Å². The van der Waals surface area contributed by atoms with Gasteiger partial charge in [-0.1, -0.05) is 53.6 Å². The van der Waals surface area contributed by atoms with Gasteiger partial charge < -0.3 is 50.2 Å². The summed E-state index contributed by atoms with van der Waals surface area (Å²) in [6.45, 7) is 2.58. The average Bonchev–Trinajstić information content (AvgIpc) is 3.90. The fourth-order valence-corrected chi connectivity index (χ4v) is 12.5. The highest BCUT2D eigenvalue weighted by atomic mass is 79.9. The Balaban J connectivity index is 1.09. The second-order valence-corrected chi connectivity index (χ2v) is 20.1. The summed E-state index contributed by atoms with van der Waals surface area (Å²) in [6.07, 6.45) is 3.74. The van der Waals surface area contributed by atoms with Crippen molar-refractivity contribution in [2.75, 3.05) is 30.9 Å². The Bertz CT molecular complexity index is 2320. The highest BCUT2D eigenvalue weighted by Gasteiger charge is 2.76. The van der Waals surface area contributed by atoms with E-state index in [2.05, 4.69) is 31.9 Å². The number of hydrogen-bond acceptors (Lipinski definition) is 13. The number of aliphatic hydroxyl groups is 1. The van der Waals surface area contributed by atoms with Crippen molar-refractivity contribution in [3.63, 3.8) is 0 Å². The van der Waals surface area contributed by atoms with E-state index in [1.807, 2.05) is 25.3 Å². The maximum absolute atomic E-state index is 14.5. The molecule has 4 fully saturated rings. The lowest BCUT2D eigenvalue weighted by Crippen LogP contribution is -2.63. The van der Waals surface area contributed by atoms with E-state index in [1.165, 1.54) is 18.4 Å². The van der Waals surface area contributed by atoms with Crippen molar-refractivity contribution < 1.29 is 72.1 Å². The fourth-order valence-electron chi connectivity index (χ4n) is 11.0. The molecule has 7 N–H and O–H groups in total. The number of nitrogens with one attached hydrogen (secondary N) is 3. The largest absolute Gasteiger partial charge is 0.495 e. The molecule has 64 heavy (non-hydrogen) atoms. The van der Waals surface area contributed by atoms with Crippen molar-refractivity contribution in [1.29, 1.82) is 0 Å². The number of alkyl halides is 1. The zero-order valence-corrected chi connectivity index (χ0v) is 38.5. The van der Waals surface area contributed by atoms with Crippen LogP contribution in [0.5, 0.6) is 5.75 Å². The number of allylic oxidation sites excluding steroid dienone is 4. The van der Waals surface area contributed by atoms with Gasteiger partial charge in [-0.05, 0) is 79.2 Å². The van der Waals surface area contributed by atoms with E-state index >= 15 is 0 Å². The summed E-state index contributed by atoms with van der Waals surface area (Å²) in [5, 5.41) is 30.6. The Morgan fingerprint density at radius 1 is 1.11 bits per heavy atom. The molecule has 1 aliphatic heterocycles. The fraction of sp³-hybridized carbons (Fsp3) is 0.535. The van der Waals surface area contributed by atoms with Gasteiger partial charge in [0.05, 0.1) is 31.2 Å².